The minimum absolute atomic E-state index is 0.0290. The van der Waals surface area contributed by atoms with Crippen LogP contribution < -0.4 is 10.6 Å². The molecule has 0 fully saturated rings. The van der Waals surface area contributed by atoms with Crippen LogP contribution in [0.5, 0.6) is 0 Å². The molecule has 0 bridgehead atoms. The molecule has 1 aromatic carbocycles. The van der Waals surface area contributed by atoms with E-state index in [1.807, 2.05) is 0 Å². The van der Waals surface area contributed by atoms with E-state index in [1.54, 1.807) is 17.5 Å². The molecular formula is C16H13N3O5S2. The highest BCUT2D eigenvalue weighted by Gasteiger charge is 2.16. The normalized spacial score (nSPS) is 11.1. The Labute approximate surface area is 152 Å². The number of aromatic nitrogens is 1. The first-order chi connectivity index (χ1) is 12.3. The van der Waals surface area contributed by atoms with Crippen molar-refractivity contribution in [1.29, 1.82) is 0 Å². The molecule has 2 amide bonds. The highest BCUT2D eigenvalue weighted by Crippen LogP contribution is 2.16. The first-order valence-electron chi connectivity index (χ1n) is 7.25. The van der Waals surface area contributed by atoms with Crippen LogP contribution in [-0.4, -0.2) is 31.5 Å². The third kappa shape index (κ3) is 4.16. The van der Waals surface area contributed by atoms with Crippen LogP contribution in [0.15, 0.2) is 57.4 Å². The van der Waals surface area contributed by atoms with Crippen molar-refractivity contribution in [2.75, 3.05) is 16.9 Å². The summed E-state index contributed by atoms with van der Waals surface area (Å²) in [6.45, 7) is 0. The van der Waals surface area contributed by atoms with Gasteiger partial charge in [-0.1, -0.05) is 6.07 Å². The third-order valence-corrected chi connectivity index (χ3v) is 5.24. The van der Waals surface area contributed by atoms with Gasteiger partial charge in [0.2, 0.25) is 0 Å². The van der Waals surface area contributed by atoms with Gasteiger partial charge in [-0.05, 0) is 35.7 Å². The topological polar surface area (TPSA) is 118 Å². The Morgan fingerprint density at radius 3 is 2.42 bits per heavy atom. The fourth-order valence-corrected chi connectivity index (χ4v) is 3.23. The number of amides is 2. The van der Waals surface area contributed by atoms with E-state index in [2.05, 4.69) is 15.6 Å². The van der Waals surface area contributed by atoms with E-state index >= 15 is 0 Å². The molecule has 0 radical (unpaired) electrons. The minimum atomic E-state index is -3.31. The van der Waals surface area contributed by atoms with Crippen LogP contribution >= 0.6 is 11.3 Å². The number of nitrogens with zero attached hydrogens (tertiary/aromatic N) is 1. The summed E-state index contributed by atoms with van der Waals surface area (Å²) in [5, 5.41) is 6.78. The van der Waals surface area contributed by atoms with Crippen LogP contribution in [0.1, 0.15) is 20.2 Å². The molecule has 0 saturated heterocycles. The summed E-state index contributed by atoms with van der Waals surface area (Å²) < 4.78 is 27.9. The van der Waals surface area contributed by atoms with Gasteiger partial charge in [0, 0.05) is 11.9 Å². The fraction of sp³-hybridized carbons (Fsp3) is 0.0625. The Balaban J connectivity index is 1.65. The van der Waals surface area contributed by atoms with Gasteiger partial charge in [0.1, 0.15) is 6.26 Å². The zero-order chi connectivity index (χ0) is 18.7. The summed E-state index contributed by atoms with van der Waals surface area (Å²) in [6.07, 6.45) is 2.21. The summed E-state index contributed by atoms with van der Waals surface area (Å²) in [5.74, 6) is -0.942. The van der Waals surface area contributed by atoms with Crippen molar-refractivity contribution in [2.24, 2.45) is 0 Å². The lowest BCUT2D eigenvalue weighted by Crippen LogP contribution is -2.14. The zero-order valence-electron chi connectivity index (χ0n) is 13.4. The van der Waals surface area contributed by atoms with E-state index in [1.165, 1.54) is 35.6 Å². The van der Waals surface area contributed by atoms with Crippen molar-refractivity contribution in [3.8, 4) is 0 Å². The van der Waals surface area contributed by atoms with Gasteiger partial charge in [0.15, 0.2) is 15.5 Å². The molecule has 10 heteroatoms. The Hall–Kier alpha value is -2.98. The maximum absolute atomic E-state index is 12.2. The Morgan fingerprint density at radius 1 is 1.08 bits per heavy atom. The standard InChI is InChI=1S/C16H13N3O5S2/c1-26(22,23)11-6-4-10(5-7-11)17-14(20)12-9-24-16(18-12)19-15(21)13-3-2-8-25-13/h2-9H,1H3,(H,17,20)(H,18,19,21). The summed E-state index contributed by atoms with van der Waals surface area (Å²) in [7, 11) is -3.31. The molecule has 0 unspecified atom stereocenters. The van der Waals surface area contributed by atoms with Gasteiger partial charge in [-0.2, -0.15) is 4.98 Å². The van der Waals surface area contributed by atoms with Crippen molar-refractivity contribution in [2.45, 2.75) is 4.90 Å². The molecule has 134 valence electrons. The molecule has 3 aromatic rings. The van der Waals surface area contributed by atoms with Gasteiger partial charge < -0.3 is 9.73 Å². The number of anilines is 2. The quantitative estimate of drug-likeness (QED) is 0.690. The minimum Gasteiger partial charge on any atom is -0.431 e. The van der Waals surface area contributed by atoms with Gasteiger partial charge in [0.25, 0.3) is 11.8 Å². The van der Waals surface area contributed by atoms with Crippen LogP contribution in [0.2, 0.25) is 0 Å². The molecule has 0 spiro atoms. The number of rotatable bonds is 5. The highest BCUT2D eigenvalue weighted by molar-refractivity contribution is 7.90. The Kier molecular flexibility index (Phi) is 4.87. The molecular weight excluding hydrogens is 378 g/mol. The average Bonchev–Trinajstić information content (AvgIpc) is 3.26. The number of carbonyl (C=O) groups is 2. The van der Waals surface area contributed by atoms with Crippen LogP contribution in [-0.2, 0) is 9.84 Å². The van der Waals surface area contributed by atoms with Crippen molar-refractivity contribution < 1.29 is 22.4 Å². The molecule has 2 N–H and O–H groups in total. The van der Waals surface area contributed by atoms with Crippen LogP contribution in [0.3, 0.4) is 0 Å². The maximum atomic E-state index is 12.2. The van der Waals surface area contributed by atoms with Gasteiger partial charge in [-0.15, -0.1) is 11.3 Å². The molecule has 2 heterocycles. The van der Waals surface area contributed by atoms with E-state index in [0.29, 0.717) is 10.6 Å². The predicted molar refractivity (Wildman–Crippen MR) is 96.3 cm³/mol. The van der Waals surface area contributed by atoms with Gasteiger partial charge in [-0.3, -0.25) is 14.9 Å². The summed E-state index contributed by atoms with van der Waals surface area (Å²) in [6, 6.07) is 9.00. The summed E-state index contributed by atoms with van der Waals surface area (Å²) >= 11 is 1.26. The number of sulfone groups is 1. The van der Waals surface area contributed by atoms with E-state index in [-0.39, 0.29) is 22.5 Å². The molecule has 0 saturated carbocycles. The number of hydrogen-bond donors (Lipinski definition) is 2. The lowest BCUT2D eigenvalue weighted by Gasteiger charge is -2.04. The van der Waals surface area contributed by atoms with Crippen molar-refractivity contribution >= 4 is 44.7 Å². The van der Waals surface area contributed by atoms with E-state index < -0.39 is 15.7 Å². The van der Waals surface area contributed by atoms with Gasteiger partial charge in [-0.25, -0.2) is 8.42 Å². The van der Waals surface area contributed by atoms with Crippen LogP contribution in [0.4, 0.5) is 11.7 Å². The maximum Gasteiger partial charge on any atom is 0.302 e. The first-order valence-corrected chi connectivity index (χ1v) is 10.0. The number of benzene rings is 1. The van der Waals surface area contributed by atoms with Crippen molar-refractivity contribution in [1.82, 2.24) is 4.98 Å². The molecule has 0 aliphatic heterocycles. The summed E-state index contributed by atoms with van der Waals surface area (Å²) in [4.78, 5) is 28.6. The summed E-state index contributed by atoms with van der Waals surface area (Å²) in [5.41, 5.74) is 0.369. The molecule has 8 nitrogen and oxygen atoms in total. The number of carbonyl (C=O) groups excluding carboxylic acids is 2. The number of thiophene rings is 1. The molecule has 26 heavy (non-hydrogen) atoms. The SMILES string of the molecule is CS(=O)(=O)c1ccc(NC(=O)c2coc(NC(=O)c3cccs3)n2)cc1. The van der Waals surface area contributed by atoms with Gasteiger partial charge in [0.05, 0.1) is 9.77 Å². The van der Waals surface area contributed by atoms with E-state index in [4.69, 9.17) is 4.42 Å². The lowest BCUT2D eigenvalue weighted by molar-refractivity contribution is 0.101. The second-order valence-electron chi connectivity index (χ2n) is 5.22. The number of oxazole rings is 1. The Bertz CT molecular complexity index is 1040. The van der Waals surface area contributed by atoms with Crippen molar-refractivity contribution in [3.05, 3.63) is 58.6 Å². The fourth-order valence-electron chi connectivity index (χ4n) is 1.98. The molecule has 2 aromatic heterocycles. The lowest BCUT2D eigenvalue weighted by atomic mass is 10.3. The van der Waals surface area contributed by atoms with E-state index in [9.17, 15) is 18.0 Å². The first kappa shape index (κ1) is 17.8. The zero-order valence-corrected chi connectivity index (χ0v) is 15.1. The molecule has 3 rings (SSSR count). The molecule has 0 aliphatic rings. The smallest absolute Gasteiger partial charge is 0.302 e. The number of hydrogen-bond acceptors (Lipinski definition) is 7. The predicted octanol–water partition coefficient (Wildman–Crippen LogP) is 2.64. The molecule has 0 atom stereocenters. The largest absolute Gasteiger partial charge is 0.431 e. The number of nitrogens with one attached hydrogen (secondary N) is 2. The van der Waals surface area contributed by atoms with Gasteiger partial charge >= 0.3 is 6.01 Å². The van der Waals surface area contributed by atoms with Crippen molar-refractivity contribution in [3.63, 3.8) is 0 Å². The second kappa shape index (κ2) is 7.10. The monoisotopic (exact) mass is 391 g/mol. The van der Waals surface area contributed by atoms with Crippen LogP contribution in [0.25, 0.3) is 0 Å². The Morgan fingerprint density at radius 2 is 1.81 bits per heavy atom. The third-order valence-electron chi connectivity index (χ3n) is 3.24. The van der Waals surface area contributed by atoms with Crippen LogP contribution in [0, 0.1) is 0 Å². The average molecular weight is 391 g/mol. The molecule has 0 aliphatic carbocycles. The van der Waals surface area contributed by atoms with E-state index in [0.717, 1.165) is 12.5 Å². The highest BCUT2D eigenvalue weighted by atomic mass is 32.2. The second-order valence-corrected chi connectivity index (χ2v) is 8.18.